The Morgan fingerprint density at radius 2 is 2.17 bits per heavy atom. The number of hydrogen-bond acceptors (Lipinski definition) is 3. The van der Waals surface area contributed by atoms with Crippen molar-refractivity contribution in [3.05, 3.63) is 0 Å². The summed E-state index contributed by atoms with van der Waals surface area (Å²) in [5.41, 5.74) is 0. The molecule has 0 bridgehead atoms. The van der Waals surface area contributed by atoms with Crippen LogP contribution in [-0.2, 0) is 9.84 Å². The molecule has 1 heterocycles. The molecule has 0 spiro atoms. The first-order valence-electron chi connectivity index (χ1n) is 7.40. The van der Waals surface area contributed by atoms with Gasteiger partial charge in [0.1, 0.15) is 0 Å². The molecule has 1 rings (SSSR count). The van der Waals surface area contributed by atoms with E-state index in [1.807, 2.05) is 0 Å². The highest BCUT2D eigenvalue weighted by atomic mass is 16.5. The minimum atomic E-state index is -1.39. The molecule has 0 aliphatic carbocycles. The van der Waals surface area contributed by atoms with Gasteiger partial charge in [-0.3, -0.25) is 0 Å². The molecule has 4 heteroatoms. The maximum atomic E-state index is 10.5. The Hall–Kier alpha value is -0.160. The lowest BCUT2D eigenvalue weighted by Crippen LogP contribution is -2.36. The van der Waals surface area contributed by atoms with E-state index in [9.17, 15) is 5.11 Å². The lowest BCUT2D eigenvalue weighted by Gasteiger charge is -2.29. The summed E-state index contributed by atoms with van der Waals surface area (Å²) in [6, 6.07) is 0. The van der Waals surface area contributed by atoms with Gasteiger partial charge in [-0.05, 0) is 45.2 Å². The third-order valence-electron chi connectivity index (χ3n) is 3.61. The van der Waals surface area contributed by atoms with Crippen molar-refractivity contribution in [1.29, 1.82) is 0 Å². The van der Waals surface area contributed by atoms with E-state index in [1.165, 1.54) is 19.3 Å². The van der Waals surface area contributed by atoms with Crippen LogP contribution < -0.4 is 0 Å². The second-order valence-corrected chi connectivity index (χ2v) is 5.19. The minimum absolute atomic E-state index is 0.387. The number of aliphatic hydroxyl groups is 1. The summed E-state index contributed by atoms with van der Waals surface area (Å²) in [6.07, 6.45) is 6.09. The van der Waals surface area contributed by atoms with Gasteiger partial charge in [-0.25, -0.2) is 5.11 Å². The number of unbranched alkanes of at least 4 members (excludes halogenated alkanes) is 2. The molecule has 18 heavy (non-hydrogen) atoms. The summed E-state index contributed by atoms with van der Waals surface area (Å²) >= 11 is 0. The maximum absolute atomic E-state index is 10.5. The third kappa shape index (κ3) is 7.31. The van der Waals surface area contributed by atoms with Crippen molar-refractivity contribution in [2.75, 3.05) is 26.2 Å². The number of rotatable bonds is 9. The van der Waals surface area contributed by atoms with E-state index >= 15 is 0 Å². The molecule has 0 aromatic rings. The average Bonchev–Trinajstić information content (AvgIpc) is 2.38. The minimum Gasteiger partial charge on any atom is -0.377 e. The zero-order valence-corrected chi connectivity index (χ0v) is 11.6. The lowest BCUT2D eigenvalue weighted by molar-refractivity contribution is -0.0968. The summed E-state index contributed by atoms with van der Waals surface area (Å²) in [5, 5.41) is 19.1. The Balaban J connectivity index is 2.05. The molecule has 4 nitrogen and oxygen atoms in total. The van der Waals surface area contributed by atoms with Crippen molar-refractivity contribution in [1.82, 2.24) is 4.90 Å². The Morgan fingerprint density at radius 1 is 1.33 bits per heavy atom. The molecule has 1 saturated heterocycles. The molecular formula is C14H28NO3. The van der Waals surface area contributed by atoms with Crippen molar-refractivity contribution in [3.63, 3.8) is 0 Å². The molecule has 1 radical (unpaired) electrons. The Morgan fingerprint density at radius 3 is 2.78 bits per heavy atom. The van der Waals surface area contributed by atoms with Crippen molar-refractivity contribution in [2.45, 2.75) is 64.3 Å². The lowest BCUT2D eigenvalue weighted by atomic mass is 10.1. The zero-order valence-electron chi connectivity index (χ0n) is 11.6. The van der Waals surface area contributed by atoms with Crippen molar-refractivity contribution in [2.24, 2.45) is 0 Å². The van der Waals surface area contributed by atoms with E-state index in [0.717, 1.165) is 45.5 Å². The SMILES string of the molecule is CCN(CCCCCC([O])O)CC1CCCCO1. The fourth-order valence-electron chi connectivity index (χ4n) is 2.45. The van der Waals surface area contributed by atoms with Crippen LogP contribution in [0.5, 0.6) is 0 Å². The van der Waals surface area contributed by atoms with Gasteiger partial charge in [-0.1, -0.05) is 13.3 Å². The zero-order chi connectivity index (χ0) is 13.2. The first-order chi connectivity index (χ1) is 8.72. The number of aliphatic hydroxyl groups excluding tert-OH is 1. The summed E-state index contributed by atoms with van der Waals surface area (Å²) < 4.78 is 5.75. The van der Waals surface area contributed by atoms with Gasteiger partial charge in [0, 0.05) is 19.6 Å². The average molecular weight is 258 g/mol. The second kappa shape index (κ2) is 9.73. The number of likely N-dealkylation sites (N-methyl/N-ethyl adjacent to an activating group) is 1. The van der Waals surface area contributed by atoms with E-state index in [1.54, 1.807) is 0 Å². The first kappa shape index (κ1) is 15.9. The summed E-state index contributed by atoms with van der Waals surface area (Å²) in [4.78, 5) is 2.43. The van der Waals surface area contributed by atoms with Crippen LogP contribution in [0.1, 0.15) is 51.9 Å². The fraction of sp³-hybridized carbons (Fsp3) is 1.00. The summed E-state index contributed by atoms with van der Waals surface area (Å²) in [6.45, 7) is 6.28. The van der Waals surface area contributed by atoms with Crippen molar-refractivity contribution < 1.29 is 14.9 Å². The molecule has 107 valence electrons. The summed E-state index contributed by atoms with van der Waals surface area (Å²) in [5.74, 6) is 0. The van der Waals surface area contributed by atoms with Crippen LogP contribution in [0.3, 0.4) is 0 Å². The molecule has 1 fully saturated rings. The predicted octanol–water partition coefficient (Wildman–Crippen LogP) is 2.19. The molecule has 2 unspecified atom stereocenters. The van der Waals surface area contributed by atoms with Gasteiger partial charge in [-0.2, -0.15) is 0 Å². The van der Waals surface area contributed by atoms with Gasteiger partial charge in [0.15, 0.2) is 6.29 Å². The first-order valence-corrected chi connectivity index (χ1v) is 7.40. The standard InChI is InChI=1S/C14H28NO3/c1-2-15(10-6-3-4-9-14(16)17)12-13-8-5-7-11-18-13/h13-14,16H,2-12H2,1H3. The highest BCUT2D eigenvalue weighted by Crippen LogP contribution is 2.14. The molecule has 0 amide bonds. The quantitative estimate of drug-likeness (QED) is 0.509. The van der Waals surface area contributed by atoms with E-state index in [2.05, 4.69) is 11.8 Å². The van der Waals surface area contributed by atoms with Crippen LogP contribution in [0.4, 0.5) is 0 Å². The van der Waals surface area contributed by atoms with E-state index < -0.39 is 6.29 Å². The largest absolute Gasteiger partial charge is 0.377 e. The normalized spacial score (nSPS) is 20.8. The molecular weight excluding hydrogens is 230 g/mol. The van der Waals surface area contributed by atoms with Gasteiger partial charge in [0.25, 0.3) is 0 Å². The summed E-state index contributed by atoms with van der Waals surface area (Å²) in [7, 11) is 0. The van der Waals surface area contributed by atoms with Crippen LogP contribution in [0.15, 0.2) is 0 Å². The van der Waals surface area contributed by atoms with Gasteiger partial charge >= 0.3 is 0 Å². The molecule has 1 N–H and O–H groups in total. The van der Waals surface area contributed by atoms with Crippen LogP contribution in [0.25, 0.3) is 0 Å². The Bertz CT molecular complexity index is 193. The topological polar surface area (TPSA) is 52.6 Å². The van der Waals surface area contributed by atoms with E-state index in [4.69, 9.17) is 9.84 Å². The van der Waals surface area contributed by atoms with E-state index in [0.29, 0.717) is 12.5 Å². The smallest absolute Gasteiger partial charge is 0.188 e. The second-order valence-electron chi connectivity index (χ2n) is 5.19. The fourth-order valence-corrected chi connectivity index (χ4v) is 2.45. The van der Waals surface area contributed by atoms with Crippen molar-refractivity contribution >= 4 is 0 Å². The van der Waals surface area contributed by atoms with Gasteiger partial charge in [-0.15, -0.1) is 0 Å². The van der Waals surface area contributed by atoms with Crippen LogP contribution >= 0.6 is 0 Å². The molecule has 1 aliphatic heterocycles. The predicted molar refractivity (Wildman–Crippen MR) is 70.9 cm³/mol. The van der Waals surface area contributed by atoms with Crippen LogP contribution in [-0.4, -0.2) is 48.6 Å². The maximum Gasteiger partial charge on any atom is 0.188 e. The Kier molecular flexibility index (Phi) is 8.59. The number of nitrogens with zero attached hydrogens (tertiary/aromatic N) is 1. The van der Waals surface area contributed by atoms with Gasteiger partial charge in [0.2, 0.25) is 0 Å². The van der Waals surface area contributed by atoms with Crippen LogP contribution in [0, 0.1) is 0 Å². The van der Waals surface area contributed by atoms with Crippen LogP contribution in [0.2, 0.25) is 0 Å². The molecule has 0 saturated carbocycles. The van der Waals surface area contributed by atoms with Crippen molar-refractivity contribution in [3.8, 4) is 0 Å². The molecule has 0 aromatic carbocycles. The molecule has 1 aliphatic rings. The molecule has 0 aromatic heterocycles. The highest BCUT2D eigenvalue weighted by molar-refractivity contribution is 4.69. The highest BCUT2D eigenvalue weighted by Gasteiger charge is 2.16. The Labute approximate surface area is 111 Å². The number of ether oxygens (including phenoxy) is 1. The van der Waals surface area contributed by atoms with Gasteiger partial charge in [0.05, 0.1) is 6.10 Å². The number of hydrogen-bond donors (Lipinski definition) is 1. The monoisotopic (exact) mass is 258 g/mol. The van der Waals surface area contributed by atoms with Gasteiger partial charge < -0.3 is 14.7 Å². The molecule has 2 atom stereocenters. The van der Waals surface area contributed by atoms with E-state index in [-0.39, 0.29) is 0 Å². The third-order valence-corrected chi connectivity index (χ3v) is 3.61.